The smallest absolute Gasteiger partial charge is 0.123 e. The highest BCUT2D eigenvalue weighted by molar-refractivity contribution is 5.26. The molecule has 0 N–H and O–H groups in total. The summed E-state index contributed by atoms with van der Waals surface area (Å²) >= 11 is 0. The van der Waals surface area contributed by atoms with Crippen LogP contribution in [0.4, 0.5) is 4.39 Å². The highest BCUT2D eigenvalue weighted by Crippen LogP contribution is 2.14. The fourth-order valence-electron chi connectivity index (χ4n) is 2.14. The summed E-state index contributed by atoms with van der Waals surface area (Å²) in [5.74, 6) is -0.168. The first-order valence-corrected chi connectivity index (χ1v) is 6.53. The Kier molecular flexibility index (Phi) is 4.32. The molecule has 0 unspecified atom stereocenters. The van der Waals surface area contributed by atoms with E-state index in [1.165, 1.54) is 11.6 Å². The lowest BCUT2D eigenvalue weighted by molar-refractivity contribution is 0.270. The van der Waals surface area contributed by atoms with Crippen LogP contribution in [0.3, 0.4) is 0 Å². The Labute approximate surface area is 113 Å². The third kappa shape index (κ3) is 3.64. The van der Waals surface area contributed by atoms with Crippen molar-refractivity contribution in [3.8, 4) is 0 Å². The molecule has 0 saturated carbocycles. The Bertz CT molecular complexity index is 548. The average Bonchev–Trinajstić information content (AvgIpc) is 2.78. The van der Waals surface area contributed by atoms with Gasteiger partial charge in [-0.05, 0) is 36.7 Å². The van der Waals surface area contributed by atoms with E-state index in [0.29, 0.717) is 0 Å². The fourth-order valence-corrected chi connectivity index (χ4v) is 2.14. The molecule has 1 aromatic heterocycles. The molecule has 4 heteroatoms. The molecule has 0 aliphatic rings. The molecule has 0 aliphatic heterocycles. The molecule has 0 bridgehead atoms. The highest BCUT2D eigenvalue weighted by Gasteiger charge is 2.09. The van der Waals surface area contributed by atoms with Crippen molar-refractivity contribution in [3.63, 3.8) is 0 Å². The molecule has 3 nitrogen and oxygen atoms in total. The summed E-state index contributed by atoms with van der Waals surface area (Å²) in [7, 11) is 1.91. The molecule has 102 valence electrons. The van der Waals surface area contributed by atoms with Gasteiger partial charge in [-0.1, -0.05) is 13.0 Å². The Hall–Kier alpha value is -1.68. The van der Waals surface area contributed by atoms with E-state index in [2.05, 4.69) is 16.9 Å². The monoisotopic (exact) mass is 261 g/mol. The Morgan fingerprint density at radius 2 is 2.11 bits per heavy atom. The number of aryl methyl sites for hydroxylation is 2. The third-order valence-electron chi connectivity index (χ3n) is 3.32. The van der Waals surface area contributed by atoms with Gasteiger partial charge in [0.15, 0.2) is 0 Å². The third-order valence-corrected chi connectivity index (χ3v) is 3.32. The van der Waals surface area contributed by atoms with E-state index in [4.69, 9.17) is 0 Å². The molecule has 0 saturated heterocycles. The van der Waals surface area contributed by atoms with Crippen LogP contribution in [0, 0.1) is 12.7 Å². The number of rotatable bonds is 5. The summed E-state index contributed by atoms with van der Waals surface area (Å²) in [6.45, 7) is 6.65. The molecular weight excluding hydrogens is 241 g/mol. The van der Waals surface area contributed by atoms with E-state index >= 15 is 0 Å². The van der Waals surface area contributed by atoms with Crippen LogP contribution in [0.5, 0.6) is 0 Å². The molecule has 2 rings (SSSR count). The summed E-state index contributed by atoms with van der Waals surface area (Å²) in [6.07, 6.45) is 3.89. The van der Waals surface area contributed by atoms with Crippen LogP contribution < -0.4 is 0 Å². The number of benzene rings is 1. The molecule has 0 spiro atoms. The second-order valence-electron chi connectivity index (χ2n) is 4.90. The second kappa shape index (κ2) is 5.97. The van der Waals surface area contributed by atoms with Crippen LogP contribution in [-0.4, -0.2) is 21.2 Å². The molecule has 2 aromatic rings. The molecule has 19 heavy (non-hydrogen) atoms. The molecule has 0 fully saturated rings. The lowest BCUT2D eigenvalue weighted by Gasteiger charge is -2.20. The van der Waals surface area contributed by atoms with Gasteiger partial charge >= 0.3 is 0 Å². The number of halogens is 1. The number of hydrogen-bond acceptors (Lipinski definition) is 2. The van der Waals surface area contributed by atoms with Crippen molar-refractivity contribution < 1.29 is 4.39 Å². The fraction of sp³-hybridized carbons (Fsp3) is 0.400. The minimum absolute atomic E-state index is 0.168. The van der Waals surface area contributed by atoms with E-state index < -0.39 is 0 Å². The summed E-state index contributed by atoms with van der Waals surface area (Å²) in [5, 5.41) is 4.17. The van der Waals surface area contributed by atoms with Crippen LogP contribution >= 0.6 is 0 Å². The maximum Gasteiger partial charge on any atom is 0.123 e. The van der Waals surface area contributed by atoms with Gasteiger partial charge in [0.2, 0.25) is 0 Å². The minimum Gasteiger partial charge on any atom is -0.295 e. The SMILES string of the molecule is CCN(Cc1cnn(C)c1)Cc1cc(F)ccc1C. The topological polar surface area (TPSA) is 21.1 Å². The maximum atomic E-state index is 13.3. The largest absolute Gasteiger partial charge is 0.295 e. The molecule has 1 heterocycles. The van der Waals surface area contributed by atoms with E-state index in [-0.39, 0.29) is 5.82 Å². The van der Waals surface area contributed by atoms with Crippen LogP contribution in [0.15, 0.2) is 30.6 Å². The average molecular weight is 261 g/mol. The lowest BCUT2D eigenvalue weighted by Crippen LogP contribution is -2.22. The van der Waals surface area contributed by atoms with Crippen molar-refractivity contribution in [3.05, 3.63) is 53.1 Å². The Morgan fingerprint density at radius 3 is 2.74 bits per heavy atom. The van der Waals surface area contributed by atoms with Crippen LogP contribution in [0.25, 0.3) is 0 Å². The second-order valence-corrected chi connectivity index (χ2v) is 4.90. The zero-order chi connectivity index (χ0) is 13.8. The van der Waals surface area contributed by atoms with Crippen molar-refractivity contribution in [2.24, 2.45) is 7.05 Å². The van der Waals surface area contributed by atoms with E-state index in [1.54, 1.807) is 10.7 Å². The van der Waals surface area contributed by atoms with Crippen molar-refractivity contribution in [2.45, 2.75) is 26.9 Å². The lowest BCUT2D eigenvalue weighted by atomic mass is 10.1. The van der Waals surface area contributed by atoms with Crippen LogP contribution in [-0.2, 0) is 20.1 Å². The van der Waals surface area contributed by atoms with Gasteiger partial charge in [-0.2, -0.15) is 5.10 Å². The number of aromatic nitrogens is 2. The van der Waals surface area contributed by atoms with Gasteiger partial charge in [0, 0.05) is 31.9 Å². The number of hydrogen-bond donors (Lipinski definition) is 0. The first kappa shape index (κ1) is 13.7. The van der Waals surface area contributed by atoms with Gasteiger partial charge in [-0.3, -0.25) is 9.58 Å². The quantitative estimate of drug-likeness (QED) is 0.825. The highest BCUT2D eigenvalue weighted by atomic mass is 19.1. The van der Waals surface area contributed by atoms with E-state index in [0.717, 1.165) is 30.8 Å². The predicted molar refractivity (Wildman–Crippen MR) is 74.1 cm³/mol. The molecule has 0 amide bonds. The zero-order valence-electron chi connectivity index (χ0n) is 11.7. The van der Waals surface area contributed by atoms with Gasteiger partial charge in [0.05, 0.1) is 6.20 Å². The summed E-state index contributed by atoms with van der Waals surface area (Å²) in [6, 6.07) is 4.97. The molecule has 0 aliphatic carbocycles. The summed E-state index contributed by atoms with van der Waals surface area (Å²) < 4.78 is 15.1. The Morgan fingerprint density at radius 1 is 1.32 bits per heavy atom. The number of nitrogens with zero attached hydrogens (tertiary/aromatic N) is 3. The van der Waals surface area contributed by atoms with Crippen molar-refractivity contribution in [2.75, 3.05) is 6.54 Å². The molecule has 1 aromatic carbocycles. The predicted octanol–water partition coefficient (Wildman–Crippen LogP) is 2.89. The van der Waals surface area contributed by atoms with Crippen LogP contribution in [0.2, 0.25) is 0 Å². The normalized spacial score (nSPS) is 11.2. The van der Waals surface area contributed by atoms with Gasteiger partial charge in [-0.25, -0.2) is 4.39 Å². The van der Waals surface area contributed by atoms with Gasteiger partial charge in [0.1, 0.15) is 5.82 Å². The van der Waals surface area contributed by atoms with Gasteiger partial charge in [0.25, 0.3) is 0 Å². The van der Waals surface area contributed by atoms with E-state index in [1.807, 2.05) is 32.4 Å². The van der Waals surface area contributed by atoms with Crippen LogP contribution in [0.1, 0.15) is 23.6 Å². The minimum atomic E-state index is -0.168. The van der Waals surface area contributed by atoms with E-state index in [9.17, 15) is 4.39 Å². The summed E-state index contributed by atoms with van der Waals surface area (Å²) in [4.78, 5) is 2.28. The standard InChI is InChI=1S/C15H20FN3/c1-4-19(10-13-8-17-18(3)9-13)11-14-7-15(16)6-5-12(14)2/h5-9H,4,10-11H2,1-3H3. The zero-order valence-corrected chi connectivity index (χ0v) is 11.7. The van der Waals surface area contributed by atoms with Crippen molar-refractivity contribution in [1.82, 2.24) is 14.7 Å². The summed E-state index contributed by atoms with van der Waals surface area (Å²) in [5.41, 5.74) is 3.36. The molecule has 0 radical (unpaired) electrons. The van der Waals surface area contributed by atoms with Crippen molar-refractivity contribution >= 4 is 0 Å². The first-order valence-electron chi connectivity index (χ1n) is 6.53. The Balaban J connectivity index is 2.08. The van der Waals surface area contributed by atoms with Crippen molar-refractivity contribution in [1.29, 1.82) is 0 Å². The van der Waals surface area contributed by atoms with Gasteiger partial charge < -0.3 is 0 Å². The maximum absolute atomic E-state index is 13.3. The molecular formula is C15H20FN3. The molecule has 0 atom stereocenters. The first-order chi connectivity index (χ1) is 9.08. The van der Waals surface area contributed by atoms with Gasteiger partial charge in [-0.15, -0.1) is 0 Å².